The molecule has 0 saturated carbocycles. The Morgan fingerprint density at radius 3 is 2.52 bits per heavy atom. The second-order valence-corrected chi connectivity index (χ2v) is 7.03. The average molecular weight is 416 g/mol. The lowest BCUT2D eigenvalue weighted by molar-refractivity contribution is 0.0525. The molecule has 0 aliphatic carbocycles. The van der Waals surface area contributed by atoms with Crippen LogP contribution >= 0.6 is 11.6 Å². The van der Waals surface area contributed by atoms with Crippen molar-refractivity contribution in [1.82, 2.24) is 9.13 Å². The Balaban J connectivity index is 2.53. The highest BCUT2D eigenvalue weighted by Crippen LogP contribution is 2.24. The van der Waals surface area contributed by atoms with E-state index in [9.17, 15) is 14.4 Å². The van der Waals surface area contributed by atoms with Crippen LogP contribution in [0.4, 0.5) is 0 Å². The van der Waals surface area contributed by atoms with E-state index >= 15 is 0 Å². The molecule has 7 nitrogen and oxygen atoms in total. The molecule has 3 aromatic rings. The van der Waals surface area contributed by atoms with Gasteiger partial charge in [0, 0.05) is 13.1 Å². The topological polar surface area (TPSA) is 96.3 Å². The van der Waals surface area contributed by atoms with E-state index in [-0.39, 0.29) is 35.8 Å². The molecule has 0 atom stereocenters. The van der Waals surface area contributed by atoms with Crippen molar-refractivity contribution in [2.24, 2.45) is 5.73 Å². The van der Waals surface area contributed by atoms with E-state index < -0.39 is 17.2 Å². The number of para-hydroxylation sites is 1. The first-order valence-corrected chi connectivity index (χ1v) is 9.63. The van der Waals surface area contributed by atoms with Crippen LogP contribution < -0.4 is 17.0 Å². The smallest absolute Gasteiger partial charge is 0.338 e. The van der Waals surface area contributed by atoms with E-state index in [1.807, 2.05) is 0 Å². The number of fused-ring (bicyclic) bond motifs is 1. The van der Waals surface area contributed by atoms with Crippen LogP contribution in [0.2, 0.25) is 5.02 Å². The number of carbonyl (C=O) groups is 1. The first-order chi connectivity index (χ1) is 13.8. The summed E-state index contributed by atoms with van der Waals surface area (Å²) >= 11 is 6.26. The van der Waals surface area contributed by atoms with Crippen LogP contribution in [0.3, 0.4) is 0 Å². The summed E-state index contributed by atoms with van der Waals surface area (Å²) in [5.41, 5.74) is 6.73. The molecule has 0 aliphatic rings. The van der Waals surface area contributed by atoms with E-state index in [1.165, 1.54) is 4.57 Å². The van der Waals surface area contributed by atoms with Crippen LogP contribution in [-0.4, -0.2) is 28.3 Å². The molecule has 2 N–H and O–H groups in total. The van der Waals surface area contributed by atoms with Gasteiger partial charge in [0.2, 0.25) is 0 Å². The van der Waals surface area contributed by atoms with Crippen molar-refractivity contribution in [1.29, 1.82) is 0 Å². The van der Waals surface area contributed by atoms with Gasteiger partial charge in [-0.1, -0.05) is 23.7 Å². The van der Waals surface area contributed by atoms with Gasteiger partial charge in [-0.2, -0.15) is 0 Å². The number of rotatable bonds is 5. The van der Waals surface area contributed by atoms with Crippen LogP contribution in [0, 0.1) is 13.8 Å². The van der Waals surface area contributed by atoms with Gasteiger partial charge in [-0.05, 0) is 50.1 Å². The normalized spacial score (nSPS) is 11.1. The molecule has 1 aromatic heterocycles. The standard InChI is InChI=1S/C21H22ClN3O4/c1-4-29-20(27)17-12(2)11-16-18(13(17)3)19(26)25(21(28)24(16)10-9-23)15-8-6-5-7-14(15)22/h5-8,11H,4,9-10,23H2,1-3H3. The largest absolute Gasteiger partial charge is 0.462 e. The summed E-state index contributed by atoms with van der Waals surface area (Å²) in [7, 11) is 0. The number of hydrogen-bond acceptors (Lipinski definition) is 5. The Labute approximate surface area is 172 Å². The summed E-state index contributed by atoms with van der Waals surface area (Å²) < 4.78 is 7.62. The predicted molar refractivity (Wildman–Crippen MR) is 113 cm³/mol. The summed E-state index contributed by atoms with van der Waals surface area (Å²) in [5, 5.41) is 0.521. The van der Waals surface area contributed by atoms with Gasteiger partial charge in [-0.3, -0.25) is 9.36 Å². The number of aromatic nitrogens is 2. The number of halogens is 1. The van der Waals surface area contributed by atoms with Crippen molar-refractivity contribution in [2.45, 2.75) is 27.3 Å². The zero-order chi connectivity index (χ0) is 21.3. The zero-order valence-electron chi connectivity index (χ0n) is 16.5. The third-order valence-electron chi connectivity index (χ3n) is 4.81. The summed E-state index contributed by atoms with van der Waals surface area (Å²) in [6.45, 7) is 5.76. The fraction of sp³-hybridized carbons (Fsp3) is 0.286. The van der Waals surface area contributed by atoms with Gasteiger partial charge < -0.3 is 10.5 Å². The Hall–Kier alpha value is -2.90. The number of aryl methyl sites for hydroxylation is 2. The molecular weight excluding hydrogens is 394 g/mol. The molecule has 0 saturated heterocycles. The molecule has 0 unspecified atom stereocenters. The lowest BCUT2D eigenvalue weighted by Gasteiger charge is -2.18. The summed E-state index contributed by atoms with van der Waals surface area (Å²) in [6.07, 6.45) is 0. The second kappa shape index (κ2) is 8.23. The van der Waals surface area contributed by atoms with E-state index in [0.29, 0.717) is 22.2 Å². The van der Waals surface area contributed by atoms with Crippen LogP contribution in [0.1, 0.15) is 28.4 Å². The van der Waals surface area contributed by atoms with E-state index in [2.05, 4.69) is 0 Å². The molecule has 0 bridgehead atoms. The molecule has 152 valence electrons. The number of nitrogens with two attached hydrogens (primary N) is 1. The van der Waals surface area contributed by atoms with Gasteiger partial charge in [-0.25, -0.2) is 14.2 Å². The zero-order valence-corrected chi connectivity index (χ0v) is 17.2. The molecular formula is C21H22ClN3O4. The number of esters is 1. The highest BCUT2D eigenvalue weighted by Gasteiger charge is 2.23. The van der Waals surface area contributed by atoms with Gasteiger partial charge in [0.05, 0.1) is 33.8 Å². The minimum atomic E-state index is -0.547. The van der Waals surface area contributed by atoms with Crippen molar-refractivity contribution >= 4 is 28.5 Å². The molecule has 0 aliphatic heterocycles. The minimum Gasteiger partial charge on any atom is -0.462 e. The lowest BCUT2D eigenvalue weighted by atomic mass is 9.98. The number of benzene rings is 2. The van der Waals surface area contributed by atoms with Gasteiger partial charge >= 0.3 is 11.7 Å². The SMILES string of the molecule is CCOC(=O)c1c(C)cc2c(c1C)c(=O)n(-c1ccccc1Cl)c(=O)n2CCN. The van der Waals surface area contributed by atoms with Gasteiger partial charge in [0.25, 0.3) is 5.56 Å². The van der Waals surface area contributed by atoms with E-state index in [0.717, 1.165) is 4.57 Å². The highest BCUT2D eigenvalue weighted by molar-refractivity contribution is 6.32. The Morgan fingerprint density at radius 1 is 1.21 bits per heavy atom. The number of ether oxygens (including phenoxy) is 1. The van der Waals surface area contributed by atoms with Crippen LogP contribution in [0.5, 0.6) is 0 Å². The number of nitrogens with zero attached hydrogens (tertiary/aromatic N) is 2. The molecule has 0 spiro atoms. The maximum Gasteiger partial charge on any atom is 0.338 e. The summed E-state index contributed by atoms with van der Waals surface area (Å²) in [4.78, 5) is 39.1. The van der Waals surface area contributed by atoms with Crippen LogP contribution in [0.15, 0.2) is 39.9 Å². The minimum absolute atomic E-state index is 0.202. The van der Waals surface area contributed by atoms with Gasteiger partial charge in [0.15, 0.2) is 0 Å². The van der Waals surface area contributed by atoms with Crippen molar-refractivity contribution in [3.05, 3.63) is 72.9 Å². The Bertz CT molecular complexity index is 1230. The van der Waals surface area contributed by atoms with Crippen molar-refractivity contribution in [3.63, 3.8) is 0 Å². The van der Waals surface area contributed by atoms with Crippen molar-refractivity contribution in [3.8, 4) is 5.69 Å². The molecule has 29 heavy (non-hydrogen) atoms. The van der Waals surface area contributed by atoms with Crippen molar-refractivity contribution in [2.75, 3.05) is 13.2 Å². The Kier molecular flexibility index (Phi) is 5.91. The molecule has 0 fully saturated rings. The fourth-order valence-electron chi connectivity index (χ4n) is 3.58. The third kappa shape index (κ3) is 3.47. The summed E-state index contributed by atoms with van der Waals surface area (Å²) in [5.74, 6) is -0.510. The van der Waals surface area contributed by atoms with Gasteiger partial charge in [-0.15, -0.1) is 0 Å². The maximum atomic E-state index is 13.4. The molecule has 0 radical (unpaired) electrons. The van der Waals surface area contributed by atoms with Crippen LogP contribution in [0.25, 0.3) is 16.6 Å². The number of carbonyl (C=O) groups excluding carboxylic acids is 1. The number of hydrogen-bond donors (Lipinski definition) is 1. The third-order valence-corrected chi connectivity index (χ3v) is 5.13. The van der Waals surface area contributed by atoms with E-state index in [1.54, 1.807) is 51.1 Å². The maximum absolute atomic E-state index is 13.4. The molecule has 2 aromatic carbocycles. The molecule has 1 heterocycles. The monoisotopic (exact) mass is 415 g/mol. The lowest BCUT2D eigenvalue weighted by Crippen LogP contribution is -2.40. The molecule has 3 rings (SSSR count). The van der Waals surface area contributed by atoms with Crippen LogP contribution in [-0.2, 0) is 11.3 Å². The molecule has 0 amide bonds. The van der Waals surface area contributed by atoms with Gasteiger partial charge in [0.1, 0.15) is 0 Å². The second-order valence-electron chi connectivity index (χ2n) is 6.62. The fourth-order valence-corrected chi connectivity index (χ4v) is 3.80. The highest BCUT2D eigenvalue weighted by atomic mass is 35.5. The van der Waals surface area contributed by atoms with Crippen molar-refractivity contribution < 1.29 is 9.53 Å². The Morgan fingerprint density at radius 2 is 1.90 bits per heavy atom. The first kappa shape index (κ1) is 20.8. The molecule has 8 heteroatoms. The predicted octanol–water partition coefficient (Wildman–Crippen LogP) is 2.56. The first-order valence-electron chi connectivity index (χ1n) is 9.25. The summed E-state index contributed by atoms with van der Waals surface area (Å²) in [6, 6.07) is 8.26. The average Bonchev–Trinajstić information content (AvgIpc) is 2.66. The van der Waals surface area contributed by atoms with E-state index in [4.69, 9.17) is 22.1 Å². The quantitative estimate of drug-likeness (QED) is 0.646.